The van der Waals surface area contributed by atoms with Crippen LogP contribution in [0.1, 0.15) is 25.7 Å². The van der Waals surface area contributed by atoms with Gasteiger partial charge in [-0.2, -0.15) is 15.0 Å². The molecule has 0 atom stereocenters. The van der Waals surface area contributed by atoms with Gasteiger partial charge in [-0.3, -0.25) is 0 Å². The molecule has 18 heavy (non-hydrogen) atoms. The average molecular weight is 249 g/mol. The minimum Gasteiger partial charge on any atom is -0.467 e. The van der Waals surface area contributed by atoms with Crippen LogP contribution in [-0.4, -0.2) is 35.2 Å². The topological polar surface area (TPSA) is 72.0 Å². The van der Waals surface area contributed by atoms with E-state index in [1.165, 1.54) is 25.7 Å². The summed E-state index contributed by atoms with van der Waals surface area (Å²) in [5.41, 5.74) is 0. The zero-order valence-electron chi connectivity index (χ0n) is 10.8. The van der Waals surface area contributed by atoms with Gasteiger partial charge in [0.2, 0.25) is 11.9 Å². The largest absolute Gasteiger partial charge is 0.467 e. The summed E-state index contributed by atoms with van der Waals surface area (Å²) in [6, 6.07) is 0.879. The fourth-order valence-electron chi connectivity index (χ4n) is 2.30. The first-order valence-electron chi connectivity index (χ1n) is 6.54. The van der Waals surface area contributed by atoms with Crippen LogP contribution in [-0.2, 0) is 0 Å². The lowest BCUT2D eigenvalue weighted by molar-refractivity contribution is 0.379. The first-order valence-corrected chi connectivity index (χ1v) is 6.54. The number of ether oxygens (including phenoxy) is 1. The molecular weight excluding hydrogens is 230 g/mol. The SMILES string of the molecule is CNc1nc(NC(C2CC2)C2CC2)nc(OC)n1. The van der Waals surface area contributed by atoms with Gasteiger partial charge < -0.3 is 15.4 Å². The van der Waals surface area contributed by atoms with E-state index in [2.05, 4.69) is 25.6 Å². The van der Waals surface area contributed by atoms with Gasteiger partial charge in [0.25, 0.3) is 0 Å². The van der Waals surface area contributed by atoms with Crippen molar-refractivity contribution in [1.82, 2.24) is 15.0 Å². The summed E-state index contributed by atoms with van der Waals surface area (Å²) < 4.78 is 5.09. The number of hydrogen-bond acceptors (Lipinski definition) is 6. The zero-order valence-corrected chi connectivity index (χ0v) is 10.8. The summed E-state index contributed by atoms with van der Waals surface area (Å²) in [5, 5.41) is 6.39. The van der Waals surface area contributed by atoms with Gasteiger partial charge in [-0.25, -0.2) is 0 Å². The molecule has 98 valence electrons. The van der Waals surface area contributed by atoms with Gasteiger partial charge in [-0.1, -0.05) is 0 Å². The van der Waals surface area contributed by atoms with E-state index in [0.29, 0.717) is 23.9 Å². The van der Waals surface area contributed by atoms with Gasteiger partial charge in [-0.15, -0.1) is 0 Å². The second-order valence-corrected chi connectivity index (χ2v) is 5.06. The summed E-state index contributed by atoms with van der Waals surface area (Å²) in [7, 11) is 3.36. The molecule has 0 aliphatic heterocycles. The third-order valence-corrected chi connectivity index (χ3v) is 3.58. The van der Waals surface area contributed by atoms with Crippen LogP contribution in [0.5, 0.6) is 6.01 Å². The number of methoxy groups -OCH3 is 1. The maximum Gasteiger partial charge on any atom is 0.322 e. The van der Waals surface area contributed by atoms with Crippen LogP contribution in [0.3, 0.4) is 0 Å². The van der Waals surface area contributed by atoms with Gasteiger partial charge in [0.05, 0.1) is 7.11 Å². The molecule has 2 N–H and O–H groups in total. The quantitative estimate of drug-likeness (QED) is 0.796. The van der Waals surface area contributed by atoms with Gasteiger partial charge >= 0.3 is 6.01 Å². The molecule has 0 bridgehead atoms. The molecular formula is C12H19N5O. The molecule has 6 heteroatoms. The highest BCUT2D eigenvalue weighted by atomic mass is 16.5. The van der Waals surface area contributed by atoms with Gasteiger partial charge in [0, 0.05) is 13.1 Å². The van der Waals surface area contributed by atoms with Crippen LogP contribution in [0.25, 0.3) is 0 Å². The lowest BCUT2D eigenvalue weighted by Crippen LogP contribution is -2.25. The molecule has 0 aromatic carbocycles. The van der Waals surface area contributed by atoms with E-state index < -0.39 is 0 Å². The van der Waals surface area contributed by atoms with Crippen LogP contribution in [0.4, 0.5) is 11.9 Å². The van der Waals surface area contributed by atoms with E-state index in [4.69, 9.17) is 4.74 Å². The molecule has 2 aliphatic carbocycles. The maximum atomic E-state index is 5.09. The summed E-state index contributed by atoms with van der Waals surface area (Å²) in [6.07, 6.45) is 5.31. The minimum atomic E-state index is 0.349. The molecule has 0 amide bonds. The van der Waals surface area contributed by atoms with Gasteiger partial charge in [0.15, 0.2) is 0 Å². The third-order valence-electron chi connectivity index (χ3n) is 3.58. The van der Waals surface area contributed by atoms with Crippen molar-refractivity contribution in [3.8, 4) is 6.01 Å². The Hall–Kier alpha value is -1.59. The van der Waals surface area contributed by atoms with E-state index >= 15 is 0 Å². The molecule has 6 nitrogen and oxygen atoms in total. The summed E-state index contributed by atoms with van der Waals surface area (Å²) >= 11 is 0. The Labute approximate surface area is 107 Å². The first-order chi connectivity index (χ1) is 8.80. The molecule has 2 fully saturated rings. The second kappa shape index (κ2) is 4.59. The molecule has 3 rings (SSSR count). The molecule has 0 spiro atoms. The lowest BCUT2D eigenvalue weighted by Gasteiger charge is -2.17. The molecule has 0 radical (unpaired) electrons. The predicted molar refractivity (Wildman–Crippen MR) is 68.8 cm³/mol. The monoisotopic (exact) mass is 249 g/mol. The van der Waals surface area contributed by atoms with Crippen molar-refractivity contribution in [3.05, 3.63) is 0 Å². The Bertz CT molecular complexity index is 396. The first kappa shape index (κ1) is 11.5. The zero-order chi connectivity index (χ0) is 12.5. The van der Waals surface area contributed by atoms with E-state index in [1.54, 1.807) is 14.2 Å². The summed E-state index contributed by atoms with van der Waals surface area (Å²) in [4.78, 5) is 12.7. The highest BCUT2D eigenvalue weighted by molar-refractivity contribution is 5.37. The Kier molecular flexibility index (Phi) is 2.93. The molecule has 2 aliphatic rings. The van der Waals surface area contributed by atoms with E-state index in [1.807, 2.05) is 0 Å². The van der Waals surface area contributed by atoms with Crippen molar-refractivity contribution in [2.24, 2.45) is 11.8 Å². The normalized spacial score (nSPS) is 18.8. The van der Waals surface area contributed by atoms with Crippen LogP contribution >= 0.6 is 0 Å². The Morgan fingerprint density at radius 3 is 2.17 bits per heavy atom. The van der Waals surface area contributed by atoms with Crippen molar-refractivity contribution < 1.29 is 4.74 Å². The number of nitrogens with one attached hydrogen (secondary N) is 2. The van der Waals surface area contributed by atoms with Crippen LogP contribution in [0, 0.1) is 11.8 Å². The second-order valence-electron chi connectivity index (χ2n) is 5.06. The maximum absolute atomic E-state index is 5.09. The van der Waals surface area contributed by atoms with Gasteiger partial charge in [0.1, 0.15) is 0 Å². The van der Waals surface area contributed by atoms with Crippen molar-refractivity contribution >= 4 is 11.9 Å². The Balaban J connectivity index is 1.77. The number of anilines is 2. The molecule has 1 aromatic heterocycles. The highest BCUT2D eigenvalue weighted by Crippen LogP contribution is 2.45. The average Bonchev–Trinajstić information content (AvgIpc) is 3.28. The predicted octanol–water partition coefficient (Wildman–Crippen LogP) is 1.52. The molecule has 0 unspecified atom stereocenters. The number of aromatic nitrogens is 3. The van der Waals surface area contributed by atoms with Crippen molar-refractivity contribution in [1.29, 1.82) is 0 Å². The fourth-order valence-corrected chi connectivity index (χ4v) is 2.30. The highest BCUT2D eigenvalue weighted by Gasteiger charge is 2.41. The summed E-state index contributed by atoms with van der Waals surface area (Å²) in [6.45, 7) is 0. The molecule has 2 saturated carbocycles. The standard InChI is InChI=1S/C12H19N5O/c1-13-10-15-11(17-12(16-10)18-2)14-9(7-3-4-7)8-5-6-8/h7-9H,3-6H2,1-2H3,(H2,13,14,15,16,17). The van der Waals surface area contributed by atoms with E-state index in [0.717, 1.165) is 11.8 Å². The lowest BCUT2D eigenvalue weighted by atomic mass is 10.1. The molecule has 1 aromatic rings. The minimum absolute atomic E-state index is 0.349. The van der Waals surface area contributed by atoms with Crippen LogP contribution < -0.4 is 15.4 Å². The molecule has 0 saturated heterocycles. The van der Waals surface area contributed by atoms with Crippen molar-refractivity contribution in [2.75, 3.05) is 24.8 Å². The third kappa shape index (κ3) is 2.47. The number of rotatable bonds is 6. The van der Waals surface area contributed by atoms with E-state index in [-0.39, 0.29) is 0 Å². The van der Waals surface area contributed by atoms with E-state index in [9.17, 15) is 0 Å². The summed E-state index contributed by atoms with van der Waals surface area (Å²) in [5.74, 6) is 2.77. The van der Waals surface area contributed by atoms with Crippen molar-refractivity contribution in [2.45, 2.75) is 31.7 Å². The number of hydrogen-bond donors (Lipinski definition) is 2. The molecule has 1 heterocycles. The fraction of sp³-hybridized carbons (Fsp3) is 0.750. The number of nitrogens with zero attached hydrogens (tertiary/aromatic N) is 3. The van der Waals surface area contributed by atoms with Crippen molar-refractivity contribution in [3.63, 3.8) is 0 Å². The van der Waals surface area contributed by atoms with Crippen LogP contribution in [0.15, 0.2) is 0 Å². The van der Waals surface area contributed by atoms with Gasteiger partial charge in [-0.05, 0) is 37.5 Å². The Morgan fingerprint density at radius 2 is 1.67 bits per heavy atom. The smallest absolute Gasteiger partial charge is 0.322 e. The Morgan fingerprint density at radius 1 is 1.06 bits per heavy atom. The van der Waals surface area contributed by atoms with Crippen LogP contribution in [0.2, 0.25) is 0 Å².